The van der Waals surface area contributed by atoms with Crippen LogP contribution in [-0.2, 0) is 11.8 Å². The van der Waals surface area contributed by atoms with Crippen LogP contribution in [0.1, 0.15) is 114 Å². The molecule has 0 aliphatic heterocycles. The molecule has 0 heterocycles. The molecule has 0 radical (unpaired) electrons. The summed E-state index contributed by atoms with van der Waals surface area (Å²) in [5, 5.41) is 19.9. The van der Waals surface area contributed by atoms with E-state index in [9.17, 15) is 5.26 Å². The van der Waals surface area contributed by atoms with E-state index >= 15 is 0 Å². The van der Waals surface area contributed by atoms with Crippen molar-refractivity contribution in [3.8, 4) is 11.8 Å². The number of rotatable bonds is 21. The molecule has 2 rings (SSSR count). The molecule has 0 spiro atoms. The number of hydrogen-bond donors (Lipinski definition) is 0. The predicted molar refractivity (Wildman–Crippen MR) is 172 cm³/mol. The number of aryl methyl sites for hydroxylation is 1. The molecule has 6 heteroatoms. The van der Waals surface area contributed by atoms with Crippen molar-refractivity contribution in [3.05, 3.63) is 64.7 Å². The van der Waals surface area contributed by atoms with Gasteiger partial charge in [0.1, 0.15) is 5.75 Å². The second-order valence-corrected chi connectivity index (χ2v) is 11.3. The highest BCUT2D eigenvalue weighted by Crippen LogP contribution is 2.37. The standard InChI is InChI=1S/C34H50ClN3O.ClH/c1-4-5-6-7-8-9-10-11-12-13-25-34(28-36,30-16-14-18-33(27-30)39-3)26-15-17-32(38-37-2)24-21-29-19-22-31(35)23-20-29;/h14,16,18-20,22-23,27,32H,4-13,15,17,21,24-26H2,1-3H3;1H. The van der Waals surface area contributed by atoms with Crippen molar-refractivity contribution >= 4 is 24.0 Å². The molecular formula is C34H51Cl2N3O. The largest absolute Gasteiger partial charge is 0.497 e. The van der Waals surface area contributed by atoms with Gasteiger partial charge < -0.3 is 4.74 Å². The summed E-state index contributed by atoms with van der Waals surface area (Å²) in [4.78, 5) is 0. The van der Waals surface area contributed by atoms with Crippen molar-refractivity contribution in [2.24, 2.45) is 10.2 Å². The first kappa shape index (κ1) is 35.9. The molecule has 0 N–H and O–H groups in total. The van der Waals surface area contributed by atoms with Gasteiger partial charge in [-0.15, -0.1) is 12.4 Å². The Hall–Kier alpha value is -2.09. The second kappa shape index (κ2) is 21.6. The van der Waals surface area contributed by atoms with E-state index in [-0.39, 0.29) is 18.4 Å². The van der Waals surface area contributed by atoms with Crippen LogP contribution in [0.2, 0.25) is 5.02 Å². The van der Waals surface area contributed by atoms with Crippen molar-refractivity contribution in [3.63, 3.8) is 0 Å². The van der Waals surface area contributed by atoms with Gasteiger partial charge in [0.15, 0.2) is 0 Å². The second-order valence-electron chi connectivity index (χ2n) is 10.9. The van der Waals surface area contributed by atoms with Gasteiger partial charge in [-0.05, 0) is 73.9 Å². The fourth-order valence-corrected chi connectivity index (χ4v) is 5.60. The van der Waals surface area contributed by atoms with Gasteiger partial charge in [-0.2, -0.15) is 15.5 Å². The smallest absolute Gasteiger partial charge is 0.119 e. The number of benzene rings is 2. The zero-order valence-corrected chi connectivity index (χ0v) is 26.6. The Labute approximate surface area is 255 Å². The maximum absolute atomic E-state index is 10.5. The third kappa shape index (κ3) is 13.5. The van der Waals surface area contributed by atoms with Crippen molar-refractivity contribution in [2.75, 3.05) is 14.2 Å². The van der Waals surface area contributed by atoms with Gasteiger partial charge >= 0.3 is 0 Å². The predicted octanol–water partition coefficient (Wildman–Crippen LogP) is 11.1. The molecule has 4 nitrogen and oxygen atoms in total. The number of nitriles is 1. The van der Waals surface area contributed by atoms with Crippen LogP contribution in [0.4, 0.5) is 0 Å². The number of methoxy groups -OCH3 is 1. The number of ether oxygens (including phenoxy) is 1. The zero-order chi connectivity index (χ0) is 28.2. The number of hydrogen-bond acceptors (Lipinski definition) is 4. The molecule has 2 unspecified atom stereocenters. The lowest BCUT2D eigenvalue weighted by Crippen LogP contribution is -2.25. The van der Waals surface area contributed by atoms with E-state index in [0.29, 0.717) is 0 Å². The molecule has 0 amide bonds. The average Bonchev–Trinajstić information content (AvgIpc) is 2.96. The van der Waals surface area contributed by atoms with Gasteiger partial charge in [0.05, 0.1) is 24.6 Å². The van der Waals surface area contributed by atoms with Crippen LogP contribution in [0.5, 0.6) is 5.75 Å². The fraction of sp³-hybridized carbons (Fsp3) is 0.618. The van der Waals surface area contributed by atoms with E-state index in [0.717, 1.165) is 61.3 Å². The van der Waals surface area contributed by atoms with E-state index in [1.165, 1.54) is 63.4 Å². The van der Waals surface area contributed by atoms with E-state index in [1.54, 1.807) is 14.2 Å². The van der Waals surface area contributed by atoms with Crippen molar-refractivity contribution in [1.29, 1.82) is 5.26 Å². The summed E-state index contributed by atoms with van der Waals surface area (Å²) in [5.41, 5.74) is 1.84. The summed E-state index contributed by atoms with van der Waals surface area (Å²) >= 11 is 6.04. The highest BCUT2D eigenvalue weighted by atomic mass is 35.5. The summed E-state index contributed by atoms with van der Waals surface area (Å²) in [6.45, 7) is 2.27. The maximum Gasteiger partial charge on any atom is 0.119 e. The number of azo groups is 1. The summed E-state index contributed by atoms with van der Waals surface area (Å²) in [6.07, 6.45) is 18.4. The number of halogens is 2. The molecule has 2 aromatic rings. The summed E-state index contributed by atoms with van der Waals surface area (Å²) in [5.74, 6) is 0.816. The number of nitrogens with zero attached hydrogens (tertiary/aromatic N) is 3. The molecular weight excluding hydrogens is 537 g/mol. The highest BCUT2D eigenvalue weighted by molar-refractivity contribution is 6.30. The van der Waals surface area contributed by atoms with Gasteiger partial charge in [0, 0.05) is 12.1 Å². The molecule has 222 valence electrons. The Morgan fingerprint density at radius 3 is 2.10 bits per heavy atom. The molecule has 2 atom stereocenters. The molecule has 0 saturated carbocycles. The Bertz CT molecular complexity index is 989. The van der Waals surface area contributed by atoms with Gasteiger partial charge in [-0.1, -0.05) is 107 Å². The lowest BCUT2D eigenvalue weighted by atomic mass is 9.73. The van der Waals surface area contributed by atoms with Gasteiger partial charge in [-0.25, -0.2) is 0 Å². The number of unbranched alkanes of at least 4 members (excludes halogenated alkanes) is 9. The highest BCUT2D eigenvalue weighted by Gasteiger charge is 2.32. The summed E-state index contributed by atoms with van der Waals surface area (Å²) in [6, 6.07) is 19.1. The minimum atomic E-state index is -0.501. The quantitative estimate of drug-likeness (QED) is 0.108. The minimum Gasteiger partial charge on any atom is -0.497 e. The van der Waals surface area contributed by atoms with Gasteiger partial charge in [0.2, 0.25) is 0 Å². The first-order chi connectivity index (χ1) is 19.1. The zero-order valence-electron chi connectivity index (χ0n) is 25.0. The van der Waals surface area contributed by atoms with Crippen LogP contribution < -0.4 is 4.74 Å². The first-order valence-corrected chi connectivity index (χ1v) is 15.5. The SMILES string of the molecule is CCCCCCCCCCCCC(C#N)(CCCC(CCc1ccc(Cl)cc1)N=NC)c1cccc(OC)c1.Cl. The van der Waals surface area contributed by atoms with Gasteiger partial charge in [-0.3, -0.25) is 0 Å². The average molecular weight is 589 g/mol. The Morgan fingerprint density at radius 2 is 1.50 bits per heavy atom. The summed E-state index contributed by atoms with van der Waals surface area (Å²) in [7, 11) is 3.44. The molecule has 0 fully saturated rings. The van der Waals surface area contributed by atoms with Crippen LogP contribution in [0.15, 0.2) is 58.8 Å². The lowest BCUT2D eigenvalue weighted by molar-refractivity contribution is 0.392. The van der Waals surface area contributed by atoms with Crippen LogP contribution in [0, 0.1) is 11.3 Å². The van der Waals surface area contributed by atoms with E-state index < -0.39 is 5.41 Å². The third-order valence-corrected chi connectivity index (χ3v) is 8.14. The fourth-order valence-electron chi connectivity index (χ4n) is 5.47. The van der Waals surface area contributed by atoms with Crippen molar-refractivity contribution in [1.82, 2.24) is 0 Å². The molecule has 0 bridgehead atoms. The Morgan fingerprint density at radius 1 is 0.875 bits per heavy atom. The topological polar surface area (TPSA) is 57.7 Å². The van der Waals surface area contributed by atoms with E-state index in [4.69, 9.17) is 16.3 Å². The molecule has 40 heavy (non-hydrogen) atoms. The van der Waals surface area contributed by atoms with Crippen LogP contribution in [0.3, 0.4) is 0 Å². The van der Waals surface area contributed by atoms with Crippen LogP contribution in [0.25, 0.3) is 0 Å². The summed E-state index contributed by atoms with van der Waals surface area (Å²) < 4.78 is 5.51. The van der Waals surface area contributed by atoms with Crippen molar-refractivity contribution < 1.29 is 4.74 Å². The first-order valence-electron chi connectivity index (χ1n) is 15.2. The molecule has 0 aromatic heterocycles. The van der Waals surface area contributed by atoms with Gasteiger partial charge in [0.25, 0.3) is 0 Å². The molecule has 0 saturated heterocycles. The van der Waals surface area contributed by atoms with Crippen LogP contribution >= 0.6 is 24.0 Å². The van der Waals surface area contributed by atoms with Crippen molar-refractivity contribution in [2.45, 2.75) is 121 Å². The molecule has 0 aliphatic rings. The van der Waals surface area contributed by atoms with E-state index in [2.05, 4.69) is 47.5 Å². The third-order valence-electron chi connectivity index (χ3n) is 7.89. The molecule has 2 aromatic carbocycles. The van der Waals surface area contributed by atoms with Crippen LogP contribution in [-0.4, -0.2) is 20.2 Å². The molecule has 0 aliphatic carbocycles. The normalized spacial score (nSPS) is 13.4. The lowest BCUT2D eigenvalue weighted by Gasteiger charge is -2.28. The minimum absolute atomic E-state index is 0. The monoisotopic (exact) mass is 587 g/mol. The Balaban J connectivity index is 0.00000800. The van der Waals surface area contributed by atoms with E-state index in [1.807, 2.05) is 24.3 Å². The Kier molecular flexibility index (Phi) is 19.4. The maximum atomic E-state index is 10.5.